The summed E-state index contributed by atoms with van der Waals surface area (Å²) in [7, 11) is 1.53. The summed E-state index contributed by atoms with van der Waals surface area (Å²) in [6.07, 6.45) is 1.91. The van der Waals surface area contributed by atoms with Gasteiger partial charge < -0.3 is 20.1 Å². The fourth-order valence-electron chi connectivity index (χ4n) is 4.31. The van der Waals surface area contributed by atoms with Gasteiger partial charge in [-0.2, -0.15) is 0 Å². The molecule has 190 valence electrons. The Labute approximate surface area is 217 Å². The number of rotatable bonds is 8. The van der Waals surface area contributed by atoms with E-state index in [4.69, 9.17) is 9.47 Å². The molecule has 0 radical (unpaired) electrons. The third-order valence-electron chi connectivity index (χ3n) is 6.28. The van der Waals surface area contributed by atoms with E-state index in [9.17, 15) is 14.0 Å². The number of piperidine rings is 1. The van der Waals surface area contributed by atoms with Crippen molar-refractivity contribution < 1.29 is 23.5 Å². The summed E-state index contributed by atoms with van der Waals surface area (Å²) in [5.41, 5.74) is 1.91. The summed E-state index contributed by atoms with van der Waals surface area (Å²) in [5.74, 6) is 0.0238. The number of carbonyl (C=O) groups excluding carboxylic acids is 2. The molecule has 0 aliphatic carbocycles. The van der Waals surface area contributed by atoms with Gasteiger partial charge in [-0.15, -0.1) is 11.3 Å². The van der Waals surface area contributed by atoms with E-state index in [1.807, 2.05) is 11.4 Å². The smallest absolute Gasteiger partial charge is 0.251 e. The maximum Gasteiger partial charge on any atom is 0.251 e. The van der Waals surface area contributed by atoms with Gasteiger partial charge in [0.1, 0.15) is 17.6 Å². The van der Waals surface area contributed by atoms with Crippen LogP contribution in [0.5, 0.6) is 11.5 Å². The second-order valence-corrected chi connectivity index (χ2v) is 9.59. The summed E-state index contributed by atoms with van der Waals surface area (Å²) < 4.78 is 26.1. The van der Waals surface area contributed by atoms with Crippen LogP contribution >= 0.6 is 11.3 Å². The molecule has 2 N–H and O–H groups in total. The standard InChI is InChI=1S/C28H26FN3O4S/c1-35-26-14-17(8-9-25(26)36-18-10-12-30-13-11-18)28(34)31-15-24(33)23-7-3-6-22(32-23)20-16-37-27-19(20)4-2-5-21(27)29/h2-9,14,16,18,30H,10-13,15H2,1H3,(H,31,34). The molecule has 0 spiro atoms. The molecule has 1 fully saturated rings. The first kappa shape index (κ1) is 24.9. The molecule has 5 rings (SSSR count). The summed E-state index contributed by atoms with van der Waals surface area (Å²) in [6.45, 7) is 1.59. The number of carbonyl (C=O) groups is 2. The number of pyridine rings is 1. The molecule has 3 heterocycles. The molecule has 37 heavy (non-hydrogen) atoms. The fraction of sp³-hybridized carbons (Fsp3) is 0.250. The van der Waals surface area contributed by atoms with Crippen LogP contribution in [0, 0.1) is 5.82 Å². The van der Waals surface area contributed by atoms with E-state index in [0.717, 1.165) is 36.9 Å². The maximum atomic E-state index is 14.1. The summed E-state index contributed by atoms with van der Waals surface area (Å²) in [5, 5.41) is 8.54. The number of methoxy groups -OCH3 is 1. The van der Waals surface area contributed by atoms with Gasteiger partial charge in [-0.3, -0.25) is 9.59 Å². The highest BCUT2D eigenvalue weighted by atomic mass is 32.1. The predicted molar refractivity (Wildman–Crippen MR) is 141 cm³/mol. The normalized spacial score (nSPS) is 13.9. The Morgan fingerprint density at radius 2 is 1.92 bits per heavy atom. The SMILES string of the molecule is COc1cc(C(=O)NCC(=O)c2cccc(-c3csc4c(F)cccc34)n2)ccc1OC1CCNCC1. The molecule has 1 amide bonds. The first-order valence-electron chi connectivity index (χ1n) is 12.0. The fourth-order valence-corrected chi connectivity index (χ4v) is 5.28. The molecule has 0 bridgehead atoms. The van der Waals surface area contributed by atoms with Crippen LogP contribution in [-0.4, -0.2) is 49.5 Å². The number of hydrogen-bond donors (Lipinski definition) is 2. The Hall–Kier alpha value is -3.82. The molecule has 4 aromatic rings. The van der Waals surface area contributed by atoms with Crippen LogP contribution in [0.1, 0.15) is 33.7 Å². The minimum Gasteiger partial charge on any atom is -0.493 e. The zero-order chi connectivity index (χ0) is 25.8. The van der Waals surface area contributed by atoms with Crippen molar-refractivity contribution in [1.82, 2.24) is 15.6 Å². The molecule has 1 aliphatic rings. The lowest BCUT2D eigenvalue weighted by Crippen LogP contribution is -2.34. The Bertz CT molecular complexity index is 1450. The average molecular weight is 520 g/mol. The number of nitrogens with zero attached hydrogens (tertiary/aromatic N) is 1. The molecular weight excluding hydrogens is 493 g/mol. The molecule has 1 aliphatic heterocycles. The van der Waals surface area contributed by atoms with E-state index in [0.29, 0.717) is 27.5 Å². The van der Waals surface area contributed by atoms with Gasteiger partial charge in [-0.05, 0) is 62.3 Å². The highest BCUT2D eigenvalue weighted by Gasteiger charge is 2.19. The van der Waals surface area contributed by atoms with Crippen molar-refractivity contribution in [2.45, 2.75) is 18.9 Å². The molecule has 7 nitrogen and oxygen atoms in total. The van der Waals surface area contributed by atoms with Crippen molar-refractivity contribution in [3.05, 3.63) is 77.1 Å². The average Bonchev–Trinajstić information content (AvgIpc) is 3.38. The molecule has 0 unspecified atom stereocenters. The lowest BCUT2D eigenvalue weighted by molar-refractivity contribution is 0.0902. The van der Waals surface area contributed by atoms with Gasteiger partial charge >= 0.3 is 0 Å². The van der Waals surface area contributed by atoms with Crippen molar-refractivity contribution in [3.8, 4) is 22.8 Å². The third kappa shape index (κ3) is 5.47. The molecule has 2 aromatic heterocycles. The van der Waals surface area contributed by atoms with E-state index in [-0.39, 0.29) is 29.9 Å². The second-order valence-electron chi connectivity index (χ2n) is 8.71. The molecule has 0 atom stereocenters. The van der Waals surface area contributed by atoms with E-state index in [1.54, 1.807) is 42.5 Å². The number of amides is 1. The summed E-state index contributed by atoms with van der Waals surface area (Å²) in [6, 6.07) is 15.0. The highest BCUT2D eigenvalue weighted by Crippen LogP contribution is 2.34. The number of aromatic nitrogens is 1. The van der Waals surface area contributed by atoms with E-state index < -0.39 is 5.91 Å². The van der Waals surface area contributed by atoms with Gasteiger partial charge in [-0.25, -0.2) is 9.37 Å². The maximum absolute atomic E-state index is 14.1. The van der Waals surface area contributed by atoms with E-state index in [2.05, 4.69) is 15.6 Å². The third-order valence-corrected chi connectivity index (χ3v) is 7.28. The molecule has 9 heteroatoms. The highest BCUT2D eigenvalue weighted by molar-refractivity contribution is 7.17. The first-order valence-corrected chi connectivity index (χ1v) is 12.9. The van der Waals surface area contributed by atoms with Crippen LogP contribution in [0.3, 0.4) is 0 Å². The minimum atomic E-state index is -0.407. The van der Waals surface area contributed by atoms with Gasteiger partial charge in [0.25, 0.3) is 5.91 Å². The van der Waals surface area contributed by atoms with Crippen LogP contribution in [0.25, 0.3) is 21.3 Å². The number of nitrogens with one attached hydrogen (secondary N) is 2. The molecule has 1 saturated heterocycles. The second kappa shape index (κ2) is 11.1. The van der Waals surface area contributed by atoms with Crippen LogP contribution in [0.15, 0.2) is 60.0 Å². The number of benzene rings is 2. The Morgan fingerprint density at radius 1 is 1.11 bits per heavy atom. The predicted octanol–water partition coefficient (Wildman–Crippen LogP) is 4.85. The van der Waals surface area contributed by atoms with Crippen LogP contribution in [-0.2, 0) is 0 Å². The van der Waals surface area contributed by atoms with Gasteiger partial charge in [0.15, 0.2) is 17.3 Å². The largest absolute Gasteiger partial charge is 0.493 e. The lowest BCUT2D eigenvalue weighted by Gasteiger charge is -2.24. The van der Waals surface area contributed by atoms with E-state index >= 15 is 0 Å². The number of halogens is 1. The number of ether oxygens (including phenoxy) is 2. The zero-order valence-corrected chi connectivity index (χ0v) is 21.1. The van der Waals surface area contributed by atoms with Crippen molar-refractivity contribution in [1.29, 1.82) is 0 Å². The Balaban J connectivity index is 1.25. The number of ketones is 1. The van der Waals surface area contributed by atoms with Crippen LogP contribution in [0.2, 0.25) is 0 Å². The van der Waals surface area contributed by atoms with Crippen molar-refractivity contribution >= 4 is 33.1 Å². The van der Waals surface area contributed by atoms with Gasteiger partial charge in [0.05, 0.1) is 24.0 Å². The Morgan fingerprint density at radius 3 is 2.73 bits per heavy atom. The monoisotopic (exact) mass is 519 g/mol. The molecule has 2 aromatic carbocycles. The quantitative estimate of drug-likeness (QED) is 0.324. The van der Waals surface area contributed by atoms with Gasteiger partial charge in [-0.1, -0.05) is 18.2 Å². The number of thiophene rings is 1. The minimum absolute atomic E-state index is 0.0989. The van der Waals surface area contributed by atoms with Gasteiger partial charge in [0, 0.05) is 21.9 Å². The molecular formula is C28H26FN3O4S. The van der Waals surface area contributed by atoms with Crippen molar-refractivity contribution in [2.24, 2.45) is 0 Å². The topological polar surface area (TPSA) is 89.5 Å². The molecule has 0 saturated carbocycles. The van der Waals surface area contributed by atoms with Crippen molar-refractivity contribution in [2.75, 3.05) is 26.7 Å². The first-order chi connectivity index (χ1) is 18.0. The lowest BCUT2D eigenvalue weighted by atomic mass is 10.1. The number of hydrogen-bond acceptors (Lipinski definition) is 7. The van der Waals surface area contributed by atoms with Crippen LogP contribution < -0.4 is 20.1 Å². The summed E-state index contributed by atoms with van der Waals surface area (Å²) in [4.78, 5) is 30.1. The number of Topliss-reactive ketones (excluding diaryl/α,β-unsaturated/α-hetero) is 1. The number of fused-ring (bicyclic) bond motifs is 1. The Kier molecular flexibility index (Phi) is 7.43. The van der Waals surface area contributed by atoms with Gasteiger partial charge in [0.2, 0.25) is 0 Å². The summed E-state index contributed by atoms with van der Waals surface area (Å²) >= 11 is 1.30. The zero-order valence-electron chi connectivity index (χ0n) is 20.3. The van der Waals surface area contributed by atoms with Crippen molar-refractivity contribution in [3.63, 3.8) is 0 Å². The van der Waals surface area contributed by atoms with E-state index in [1.165, 1.54) is 24.5 Å². The van der Waals surface area contributed by atoms with Crippen LogP contribution in [0.4, 0.5) is 4.39 Å².